The zero-order valence-electron chi connectivity index (χ0n) is 20.0. The Hall–Kier alpha value is -3.25. The standard InChI is InChI=1S/C29H32N2O3S/c1-21(23-11-4-2-5-12-23)31(25-14-6-3-7-15-25)29(34)30-24-13-9-17-27(20-24)35-26-16-8-10-22(18-26)19-28(32)33/h2,4-5,8-13,16-18,20-21,25H,3,6-7,14-15,19H2,1H3,(H,30,34)(H,32,33). The zero-order valence-corrected chi connectivity index (χ0v) is 20.8. The number of amides is 2. The van der Waals surface area contributed by atoms with Crippen molar-refractivity contribution in [3.63, 3.8) is 0 Å². The summed E-state index contributed by atoms with van der Waals surface area (Å²) in [7, 11) is 0. The summed E-state index contributed by atoms with van der Waals surface area (Å²) in [6, 6.07) is 25.7. The molecule has 1 aliphatic rings. The van der Waals surface area contributed by atoms with Gasteiger partial charge in [0.2, 0.25) is 0 Å². The Kier molecular flexibility index (Phi) is 8.48. The van der Waals surface area contributed by atoms with Gasteiger partial charge in [-0.25, -0.2) is 4.79 Å². The van der Waals surface area contributed by atoms with Gasteiger partial charge in [-0.15, -0.1) is 0 Å². The second-order valence-corrected chi connectivity index (χ2v) is 10.2. The van der Waals surface area contributed by atoms with Crippen molar-refractivity contribution in [3.8, 4) is 0 Å². The van der Waals surface area contributed by atoms with Gasteiger partial charge in [0.15, 0.2) is 0 Å². The smallest absolute Gasteiger partial charge is 0.322 e. The summed E-state index contributed by atoms with van der Waals surface area (Å²) in [5.74, 6) is -0.843. The second-order valence-electron chi connectivity index (χ2n) is 9.06. The molecule has 0 radical (unpaired) electrons. The number of carbonyl (C=O) groups is 2. The third-order valence-electron chi connectivity index (χ3n) is 6.48. The fourth-order valence-electron chi connectivity index (χ4n) is 4.76. The molecule has 0 spiro atoms. The van der Waals surface area contributed by atoms with Crippen LogP contribution in [-0.4, -0.2) is 28.0 Å². The number of aliphatic carboxylic acids is 1. The highest BCUT2D eigenvalue weighted by Gasteiger charge is 2.30. The van der Waals surface area contributed by atoms with E-state index in [0.717, 1.165) is 52.3 Å². The molecule has 35 heavy (non-hydrogen) atoms. The maximum Gasteiger partial charge on any atom is 0.322 e. The van der Waals surface area contributed by atoms with Crippen LogP contribution >= 0.6 is 11.8 Å². The van der Waals surface area contributed by atoms with E-state index in [1.165, 1.54) is 6.42 Å². The molecule has 1 unspecified atom stereocenters. The molecule has 0 bridgehead atoms. The lowest BCUT2D eigenvalue weighted by Gasteiger charge is -2.39. The predicted octanol–water partition coefficient (Wildman–Crippen LogP) is 7.39. The first-order valence-corrected chi connectivity index (χ1v) is 13.0. The van der Waals surface area contributed by atoms with Crippen LogP contribution in [-0.2, 0) is 11.2 Å². The number of anilines is 1. The van der Waals surface area contributed by atoms with E-state index in [1.54, 1.807) is 11.8 Å². The van der Waals surface area contributed by atoms with E-state index < -0.39 is 5.97 Å². The van der Waals surface area contributed by atoms with Crippen molar-refractivity contribution in [2.24, 2.45) is 0 Å². The molecule has 0 heterocycles. The number of carbonyl (C=O) groups excluding carboxylic acids is 1. The van der Waals surface area contributed by atoms with Gasteiger partial charge in [0.25, 0.3) is 0 Å². The summed E-state index contributed by atoms with van der Waals surface area (Å²) in [5.41, 5.74) is 2.66. The van der Waals surface area contributed by atoms with Crippen molar-refractivity contribution in [2.75, 3.05) is 5.32 Å². The SMILES string of the molecule is CC(c1ccccc1)N(C(=O)Nc1cccc(Sc2cccc(CC(=O)O)c2)c1)C1CCCCC1. The Morgan fingerprint density at radius 3 is 2.34 bits per heavy atom. The topological polar surface area (TPSA) is 69.6 Å². The van der Waals surface area contributed by atoms with Crippen LogP contribution in [0.5, 0.6) is 0 Å². The molecule has 2 amide bonds. The number of urea groups is 1. The minimum Gasteiger partial charge on any atom is -0.481 e. The van der Waals surface area contributed by atoms with E-state index in [9.17, 15) is 9.59 Å². The Morgan fingerprint density at radius 2 is 1.63 bits per heavy atom. The van der Waals surface area contributed by atoms with Crippen LogP contribution in [0.2, 0.25) is 0 Å². The molecule has 0 saturated heterocycles. The van der Waals surface area contributed by atoms with Crippen LogP contribution in [0.25, 0.3) is 0 Å². The summed E-state index contributed by atoms with van der Waals surface area (Å²) in [5, 5.41) is 12.2. The largest absolute Gasteiger partial charge is 0.481 e. The van der Waals surface area contributed by atoms with E-state index in [4.69, 9.17) is 5.11 Å². The molecule has 0 aliphatic heterocycles. The second kappa shape index (κ2) is 11.9. The molecule has 3 aromatic rings. The normalized spacial score (nSPS) is 14.8. The number of rotatable bonds is 8. The number of benzene rings is 3. The van der Waals surface area contributed by atoms with Crippen LogP contribution in [0.4, 0.5) is 10.5 Å². The molecule has 1 aliphatic carbocycles. The number of nitrogens with one attached hydrogen (secondary N) is 1. The van der Waals surface area contributed by atoms with Crippen molar-refractivity contribution in [1.29, 1.82) is 0 Å². The highest BCUT2D eigenvalue weighted by Crippen LogP contribution is 2.33. The van der Waals surface area contributed by atoms with Gasteiger partial charge in [-0.1, -0.05) is 79.6 Å². The third kappa shape index (κ3) is 6.89. The average Bonchev–Trinajstić information content (AvgIpc) is 2.85. The number of hydrogen-bond acceptors (Lipinski definition) is 3. The first-order chi connectivity index (χ1) is 17.0. The van der Waals surface area contributed by atoms with Crippen molar-refractivity contribution in [1.82, 2.24) is 4.90 Å². The number of carboxylic acid groups (broad SMARTS) is 1. The van der Waals surface area contributed by atoms with Gasteiger partial charge in [0.05, 0.1) is 12.5 Å². The molecule has 1 fully saturated rings. The molecule has 6 heteroatoms. The lowest BCUT2D eigenvalue weighted by Crippen LogP contribution is -2.45. The molecule has 182 valence electrons. The minimum atomic E-state index is -0.843. The van der Waals surface area contributed by atoms with Gasteiger partial charge in [-0.3, -0.25) is 4.79 Å². The van der Waals surface area contributed by atoms with E-state index in [-0.39, 0.29) is 24.5 Å². The van der Waals surface area contributed by atoms with E-state index in [2.05, 4.69) is 24.4 Å². The maximum absolute atomic E-state index is 13.6. The van der Waals surface area contributed by atoms with E-state index in [1.807, 2.05) is 71.6 Å². The summed E-state index contributed by atoms with van der Waals surface area (Å²) in [6.07, 6.45) is 5.62. The summed E-state index contributed by atoms with van der Waals surface area (Å²) >= 11 is 1.55. The quantitative estimate of drug-likeness (QED) is 0.347. The summed E-state index contributed by atoms with van der Waals surface area (Å²) in [6.45, 7) is 2.11. The first kappa shape index (κ1) is 24.9. The molecule has 4 rings (SSSR count). The van der Waals surface area contributed by atoms with Crippen molar-refractivity contribution in [3.05, 3.63) is 90.0 Å². The molecule has 1 saturated carbocycles. The molecule has 2 N–H and O–H groups in total. The summed E-state index contributed by atoms with van der Waals surface area (Å²) < 4.78 is 0. The number of nitrogens with zero attached hydrogens (tertiary/aromatic N) is 1. The fourth-order valence-corrected chi connectivity index (χ4v) is 5.73. The van der Waals surface area contributed by atoms with E-state index >= 15 is 0 Å². The molecule has 0 aromatic heterocycles. The minimum absolute atomic E-state index is 0.00109. The van der Waals surface area contributed by atoms with Gasteiger partial charge in [0, 0.05) is 21.5 Å². The van der Waals surface area contributed by atoms with Crippen LogP contribution in [0, 0.1) is 0 Å². The Bertz CT molecular complexity index is 1150. The third-order valence-corrected chi connectivity index (χ3v) is 7.46. The summed E-state index contributed by atoms with van der Waals surface area (Å²) in [4.78, 5) is 28.6. The van der Waals surface area contributed by atoms with Crippen LogP contribution in [0.15, 0.2) is 88.7 Å². The van der Waals surface area contributed by atoms with Crippen molar-refractivity contribution >= 4 is 29.4 Å². The van der Waals surface area contributed by atoms with Gasteiger partial charge in [0.1, 0.15) is 0 Å². The zero-order chi connectivity index (χ0) is 24.6. The van der Waals surface area contributed by atoms with E-state index in [0.29, 0.717) is 0 Å². The van der Waals surface area contributed by atoms with Crippen molar-refractivity contribution < 1.29 is 14.7 Å². The molecular formula is C29H32N2O3S. The Balaban J connectivity index is 1.50. The monoisotopic (exact) mass is 488 g/mol. The van der Waals surface area contributed by atoms with Crippen LogP contribution < -0.4 is 5.32 Å². The number of hydrogen-bond donors (Lipinski definition) is 2. The molecule has 5 nitrogen and oxygen atoms in total. The lowest BCUT2D eigenvalue weighted by molar-refractivity contribution is -0.136. The van der Waals surface area contributed by atoms with Crippen LogP contribution in [0.1, 0.15) is 56.2 Å². The first-order valence-electron chi connectivity index (χ1n) is 12.2. The lowest BCUT2D eigenvalue weighted by atomic mass is 9.92. The Morgan fingerprint density at radius 1 is 0.943 bits per heavy atom. The predicted molar refractivity (Wildman–Crippen MR) is 141 cm³/mol. The van der Waals surface area contributed by atoms with Gasteiger partial charge >= 0.3 is 12.0 Å². The highest BCUT2D eigenvalue weighted by molar-refractivity contribution is 7.99. The molecular weight excluding hydrogens is 456 g/mol. The molecule has 1 atom stereocenters. The van der Waals surface area contributed by atoms with Crippen LogP contribution in [0.3, 0.4) is 0 Å². The maximum atomic E-state index is 13.6. The Labute approximate surface area is 211 Å². The van der Waals surface area contributed by atoms with Gasteiger partial charge in [-0.2, -0.15) is 0 Å². The van der Waals surface area contributed by atoms with Gasteiger partial charge in [-0.05, 0) is 61.2 Å². The highest BCUT2D eigenvalue weighted by atomic mass is 32.2. The van der Waals surface area contributed by atoms with Crippen molar-refractivity contribution in [2.45, 2.75) is 67.3 Å². The number of carboxylic acids is 1. The van der Waals surface area contributed by atoms with Gasteiger partial charge < -0.3 is 15.3 Å². The molecule has 3 aromatic carbocycles. The fraction of sp³-hybridized carbons (Fsp3) is 0.310. The average molecular weight is 489 g/mol.